The van der Waals surface area contributed by atoms with Gasteiger partial charge in [0.15, 0.2) is 0 Å². The molecule has 1 rings (SSSR count). The number of Topliss-reactive ketones (excluding diaryl/α,β-unsaturated/α-hetero) is 1. The van der Waals surface area contributed by atoms with Crippen LogP contribution in [0, 0.1) is 12.3 Å². The summed E-state index contributed by atoms with van der Waals surface area (Å²) in [6, 6.07) is 0. The maximum atomic E-state index is 10.9. The van der Waals surface area contributed by atoms with Gasteiger partial charge in [-0.05, 0) is 18.8 Å². The fourth-order valence-corrected chi connectivity index (χ4v) is 0.877. The Balaban J connectivity index is 2.63. The molecule has 0 aliphatic heterocycles. The predicted octanol–water partition coefficient (Wildman–Crippen LogP) is -0.0111. The van der Waals surface area contributed by atoms with Gasteiger partial charge in [-0.25, -0.2) is 4.79 Å². The van der Waals surface area contributed by atoms with Gasteiger partial charge in [-0.3, -0.25) is 4.79 Å². The first-order chi connectivity index (χ1) is 5.10. The van der Waals surface area contributed by atoms with Crippen LogP contribution in [0.15, 0.2) is 0 Å². The van der Waals surface area contributed by atoms with Crippen LogP contribution < -0.4 is 5.32 Å². The van der Waals surface area contributed by atoms with E-state index in [-0.39, 0.29) is 0 Å². The van der Waals surface area contributed by atoms with Crippen molar-refractivity contribution in [3.05, 3.63) is 0 Å². The van der Waals surface area contributed by atoms with E-state index in [1.165, 1.54) is 0 Å². The Hall–Kier alpha value is -1.50. The first-order valence-electron chi connectivity index (χ1n) is 3.13. The monoisotopic (exact) mass is 153 g/mol. The number of carboxylic acid groups (broad SMARTS) is 1. The van der Waals surface area contributed by atoms with Gasteiger partial charge in [0.2, 0.25) is 5.78 Å². The van der Waals surface area contributed by atoms with Gasteiger partial charge in [0, 0.05) is 0 Å². The van der Waals surface area contributed by atoms with Crippen molar-refractivity contribution in [2.45, 2.75) is 18.4 Å². The molecule has 0 saturated heterocycles. The van der Waals surface area contributed by atoms with Crippen molar-refractivity contribution in [1.82, 2.24) is 5.32 Å². The third-order valence-corrected chi connectivity index (χ3v) is 1.66. The third-order valence-electron chi connectivity index (χ3n) is 1.66. The van der Waals surface area contributed by atoms with Gasteiger partial charge in [0.05, 0.1) is 0 Å². The topological polar surface area (TPSA) is 66.4 Å². The Morgan fingerprint density at radius 1 is 1.55 bits per heavy atom. The lowest BCUT2D eigenvalue weighted by molar-refractivity contribution is -0.116. The smallest absolute Gasteiger partial charge is 0.405 e. The van der Waals surface area contributed by atoms with Crippen LogP contribution in [0.4, 0.5) is 4.79 Å². The maximum Gasteiger partial charge on any atom is 0.405 e. The van der Waals surface area contributed by atoms with E-state index in [4.69, 9.17) is 11.5 Å². The van der Waals surface area contributed by atoms with E-state index in [2.05, 4.69) is 5.32 Å². The molecule has 4 nitrogen and oxygen atoms in total. The SMILES string of the molecule is C#CC(=O)C1(NC(=O)O)CC1. The molecule has 1 fully saturated rings. The second-order valence-corrected chi connectivity index (χ2v) is 2.49. The van der Waals surface area contributed by atoms with E-state index >= 15 is 0 Å². The molecule has 0 radical (unpaired) electrons. The van der Waals surface area contributed by atoms with E-state index in [0.29, 0.717) is 12.8 Å². The zero-order chi connectivity index (χ0) is 8.48. The Labute approximate surface area is 63.6 Å². The molecule has 11 heavy (non-hydrogen) atoms. The summed E-state index contributed by atoms with van der Waals surface area (Å²) < 4.78 is 0. The standard InChI is InChI=1S/C7H7NO3/c1-2-5(9)7(3-4-7)8-6(10)11/h1,8H,3-4H2,(H,10,11). The molecule has 0 spiro atoms. The van der Waals surface area contributed by atoms with E-state index < -0.39 is 17.4 Å². The molecule has 4 heteroatoms. The Morgan fingerprint density at radius 3 is 2.36 bits per heavy atom. The van der Waals surface area contributed by atoms with Crippen LogP contribution >= 0.6 is 0 Å². The molecule has 0 aromatic rings. The molecular weight excluding hydrogens is 146 g/mol. The lowest BCUT2D eigenvalue weighted by Crippen LogP contribution is -2.41. The number of carbonyl (C=O) groups is 2. The molecule has 2 N–H and O–H groups in total. The Kier molecular flexibility index (Phi) is 1.57. The molecule has 0 aromatic carbocycles. The number of carbonyl (C=O) groups excluding carboxylic acids is 1. The first-order valence-corrected chi connectivity index (χ1v) is 3.13. The van der Waals surface area contributed by atoms with Gasteiger partial charge < -0.3 is 10.4 Å². The highest BCUT2D eigenvalue weighted by Crippen LogP contribution is 2.35. The van der Waals surface area contributed by atoms with E-state index in [1.54, 1.807) is 0 Å². The zero-order valence-electron chi connectivity index (χ0n) is 5.76. The summed E-state index contributed by atoms with van der Waals surface area (Å²) >= 11 is 0. The number of ketones is 1. The highest BCUT2D eigenvalue weighted by molar-refractivity contribution is 6.06. The minimum Gasteiger partial charge on any atom is -0.465 e. The molecule has 1 aliphatic rings. The summed E-state index contributed by atoms with van der Waals surface area (Å²) in [5, 5.41) is 10.4. The Morgan fingerprint density at radius 2 is 2.09 bits per heavy atom. The Bertz CT molecular complexity index is 247. The summed E-state index contributed by atoms with van der Waals surface area (Å²) in [6.07, 6.45) is 4.67. The molecule has 1 amide bonds. The van der Waals surface area contributed by atoms with Crippen LogP contribution in [-0.4, -0.2) is 22.5 Å². The summed E-state index contributed by atoms with van der Waals surface area (Å²) in [5.74, 6) is 1.44. The molecule has 0 atom stereocenters. The number of nitrogens with one attached hydrogen (secondary N) is 1. The molecule has 0 bridgehead atoms. The molecule has 58 valence electrons. The normalized spacial score (nSPS) is 18.1. The van der Waals surface area contributed by atoms with Crippen LogP contribution in [0.3, 0.4) is 0 Å². The van der Waals surface area contributed by atoms with Gasteiger partial charge >= 0.3 is 6.09 Å². The van der Waals surface area contributed by atoms with Crippen molar-refractivity contribution in [3.63, 3.8) is 0 Å². The molecule has 0 heterocycles. The number of rotatable bonds is 2. The second kappa shape index (κ2) is 2.27. The van der Waals surface area contributed by atoms with Gasteiger partial charge in [0.25, 0.3) is 0 Å². The van der Waals surface area contributed by atoms with Gasteiger partial charge in [0.1, 0.15) is 5.54 Å². The molecule has 1 aliphatic carbocycles. The van der Waals surface area contributed by atoms with Crippen molar-refractivity contribution in [2.75, 3.05) is 0 Å². The van der Waals surface area contributed by atoms with Crippen LogP contribution in [0.5, 0.6) is 0 Å². The largest absolute Gasteiger partial charge is 0.465 e. The summed E-state index contributed by atoms with van der Waals surface area (Å²) in [5.41, 5.74) is -0.944. The second-order valence-electron chi connectivity index (χ2n) is 2.49. The lowest BCUT2D eigenvalue weighted by Gasteiger charge is -2.08. The predicted molar refractivity (Wildman–Crippen MR) is 37.0 cm³/mol. The van der Waals surface area contributed by atoms with Crippen LogP contribution in [0.2, 0.25) is 0 Å². The average Bonchev–Trinajstić information content (AvgIpc) is 2.67. The van der Waals surface area contributed by atoms with Crippen molar-refractivity contribution >= 4 is 11.9 Å². The van der Waals surface area contributed by atoms with E-state index in [0.717, 1.165) is 0 Å². The molecule has 0 aromatic heterocycles. The fourth-order valence-electron chi connectivity index (χ4n) is 0.877. The lowest BCUT2D eigenvalue weighted by atomic mass is 10.2. The fraction of sp³-hybridized carbons (Fsp3) is 0.429. The van der Waals surface area contributed by atoms with Crippen molar-refractivity contribution in [3.8, 4) is 12.3 Å². The van der Waals surface area contributed by atoms with E-state index in [1.807, 2.05) is 5.92 Å². The van der Waals surface area contributed by atoms with Crippen molar-refractivity contribution in [1.29, 1.82) is 0 Å². The van der Waals surface area contributed by atoms with Crippen molar-refractivity contribution < 1.29 is 14.7 Å². The first kappa shape index (κ1) is 7.61. The van der Waals surface area contributed by atoms with Gasteiger partial charge in [-0.1, -0.05) is 0 Å². The van der Waals surface area contributed by atoms with Gasteiger partial charge in [-0.15, -0.1) is 6.42 Å². The highest BCUT2D eigenvalue weighted by atomic mass is 16.4. The minimum absolute atomic E-state index is 0.472. The number of hydrogen-bond donors (Lipinski definition) is 2. The highest BCUT2D eigenvalue weighted by Gasteiger charge is 2.50. The van der Waals surface area contributed by atoms with Crippen LogP contribution in [-0.2, 0) is 4.79 Å². The summed E-state index contributed by atoms with van der Waals surface area (Å²) in [7, 11) is 0. The average molecular weight is 153 g/mol. The van der Waals surface area contributed by atoms with Crippen LogP contribution in [0.25, 0.3) is 0 Å². The minimum atomic E-state index is -1.20. The summed E-state index contributed by atoms with van der Waals surface area (Å²) in [6.45, 7) is 0. The maximum absolute atomic E-state index is 10.9. The number of terminal acetylenes is 1. The number of amides is 1. The van der Waals surface area contributed by atoms with E-state index in [9.17, 15) is 9.59 Å². The summed E-state index contributed by atoms with van der Waals surface area (Å²) in [4.78, 5) is 21.0. The number of hydrogen-bond acceptors (Lipinski definition) is 2. The molecule has 0 unspecified atom stereocenters. The molecule has 1 saturated carbocycles. The molecular formula is C7H7NO3. The van der Waals surface area contributed by atoms with Crippen molar-refractivity contribution in [2.24, 2.45) is 0 Å². The quantitative estimate of drug-likeness (QED) is 0.433. The third kappa shape index (κ3) is 1.32. The zero-order valence-corrected chi connectivity index (χ0v) is 5.76. The van der Waals surface area contributed by atoms with Crippen LogP contribution in [0.1, 0.15) is 12.8 Å². The van der Waals surface area contributed by atoms with Gasteiger partial charge in [-0.2, -0.15) is 0 Å².